The fourth-order valence-corrected chi connectivity index (χ4v) is 0. The van der Waals surface area contributed by atoms with Crippen LogP contribution in [-0.2, 0) is 4.79 Å². The van der Waals surface area contributed by atoms with E-state index in [4.69, 9.17) is 9.90 Å². The quantitative estimate of drug-likeness (QED) is 0.442. The Labute approximate surface area is 46.5 Å². The predicted molar refractivity (Wildman–Crippen MR) is 19.4 cm³/mol. The molecule has 2 nitrogen and oxygen atoms in total. The molecule has 0 heterocycles. The van der Waals surface area contributed by atoms with Gasteiger partial charge in [0.05, 0.1) is 0 Å². The first-order valence-electron chi connectivity index (χ1n) is 1.05. The molecule has 0 unspecified atom stereocenters. The number of halogens is 1. The third kappa shape index (κ3) is 9.00. The molecule has 0 saturated heterocycles. The summed E-state index contributed by atoms with van der Waals surface area (Å²) < 4.78 is 10.5. The van der Waals surface area contributed by atoms with E-state index in [9.17, 15) is 4.39 Å². The Morgan fingerprint density at radius 3 is 2.00 bits per heavy atom. The zero-order valence-corrected chi connectivity index (χ0v) is 3.44. The molecule has 0 fully saturated rings. The molecule has 0 bridgehead atoms. The fourth-order valence-electron chi connectivity index (χ4n) is 0. The number of carboxylic acids is 1. The second-order valence-electron chi connectivity index (χ2n) is 0.527. The van der Waals surface area contributed by atoms with Gasteiger partial charge in [0.15, 0.2) is 6.67 Å². The summed E-state index contributed by atoms with van der Waals surface area (Å²) in [4.78, 5) is 8.99. The molecule has 1 radical (unpaired) electrons. The molecule has 0 amide bonds. The third-order valence-electron chi connectivity index (χ3n) is 0.114. The van der Waals surface area contributed by atoms with E-state index in [1.807, 2.05) is 0 Å². The molecular formula is C2H3FLiO2. The Bertz CT molecular complexity index is 46.8. The van der Waals surface area contributed by atoms with Crippen molar-refractivity contribution < 1.29 is 14.3 Å². The van der Waals surface area contributed by atoms with Gasteiger partial charge in [-0.15, -0.1) is 0 Å². The van der Waals surface area contributed by atoms with Crippen LogP contribution in [0.1, 0.15) is 0 Å². The standard InChI is InChI=1S/C2H3FO2.Li/c3-1-2(4)5;/h1H2,(H,4,5);. The van der Waals surface area contributed by atoms with E-state index in [0.29, 0.717) is 0 Å². The Morgan fingerprint density at radius 1 is 1.83 bits per heavy atom. The SMILES string of the molecule is O=C(O)CF.[Li]. The second kappa shape index (κ2) is 5.00. The molecule has 0 atom stereocenters. The largest absolute Gasteiger partial charge is 0.479 e. The monoisotopic (exact) mass is 85.0 g/mol. The number of carbonyl (C=O) groups is 1. The van der Waals surface area contributed by atoms with E-state index in [0.717, 1.165) is 0 Å². The van der Waals surface area contributed by atoms with Crippen molar-refractivity contribution in [3.05, 3.63) is 0 Å². The Hall–Kier alpha value is -0.00260. The number of hydrogen-bond donors (Lipinski definition) is 1. The molecule has 0 rings (SSSR count). The van der Waals surface area contributed by atoms with Crippen molar-refractivity contribution in [1.82, 2.24) is 0 Å². The van der Waals surface area contributed by atoms with Gasteiger partial charge >= 0.3 is 5.97 Å². The molecule has 0 aromatic rings. The van der Waals surface area contributed by atoms with Gasteiger partial charge in [0.2, 0.25) is 0 Å². The van der Waals surface area contributed by atoms with E-state index in [1.54, 1.807) is 0 Å². The van der Waals surface area contributed by atoms with Crippen LogP contribution in [0.3, 0.4) is 0 Å². The average Bonchev–Trinajstić information content (AvgIpc) is 1.38. The number of alkyl halides is 1. The minimum absolute atomic E-state index is 0. The van der Waals surface area contributed by atoms with Gasteiger partial charge < -0.3 is 5.11 Å². The first-order chi connectivity index (χ1) is 2.27. The van der Waals surface area contributed by atoms with Crippen molar-refractivity contribution >= 4 is 24.8 Å². The summed E-state index contributed by atoms with van der Waals surface area (Å²) in [5.41, 5.74) is 0. The molecule has 1 N–H and O–H groups in total. The van der Waals surface area contributed by atoms with Crippen molar-refractivity contribution in [3.63, 3.8) is 0 Å². The summed E-state index contributed by atoms with van der Waals surface area (Å²) in [6.45, 7) is -1.28. The number of carboxylic acid groups (broad SMARTS) is 1. The van der Waals surface area contributed by atoms with Crippen molar-refractivity contribution in [2.45, 2.75) is 0 Å². The Balaban J connectivity index is 0. The summed E-state index contributed by atoms with van der Waals surface area (Å²) in [5.74, 6) is -1.41. The zero-order chi connectivity index (χ0) is 4.28. The van der Waals surface area contributed by atoms with Crippen molar-refractivity contribution in [1.29, 1.82) is 0 Å². The molecular weight excluding hydrogens is 82.0 g/mol. The molecule has 0 saturated carbocycles. The minimum atomic E-state index is -1.41. The van der Waals surface area contributed by atoms with Crippen LogP contribution in [0.5, 0.6) is 0 Å². The maximum Gasteiger partial charge on any atom is 0.335 e. The molecule has 0 aliphatic heterocycles. The van der Waals surface area contributed by atoms with Gasteiger partial charge in [0.25, 0.3) is 0 Å². The fraction of sp³-hybridized carbons (Fsp3) is 0.500. The molecule has 0 aliphatic rings. The molecule has 0 aliphatic carbocycles. The van der Waals surface area contributed by atoms with Crippen LogP contribution in [0, 0.1) is 0 Å². The first kappa shape index (κ1) is 9.37. The van der Waals surface area contributed by atoms with Gasteiger partial charge in [0.1, 0.15) is 0 Å². The van der Waals surface area contributed by atoms with Gasteiger partial charge in [-0.25, -0.2) is 9.18 Å². The third-order valence-corrected chi connectivity index (χ3v) is 0.114. The van der Waals surface area contributed by atoms with Crippen molar-refractivity contribution in [2.75, 3.05) is 6.67 Å². The molecule has 0 aromatic heterocycles. The Kier molecular flexibility index (Phi) is 7.81. The van der Waals surface area contributed by atoms with Gasteiger partial charge in [-0.1, -0.05) is 0 Å². The smallest absolute Gasteiger partial charge is 0.335 e. The maximum absolute atomic E-state index is 10.5. The van der Waals surface area contributed by atoms with E-state index in [1.165, 1.54) is 0 Å². The zero-order valence-electron chi connectivity index (χ0n) is 3.44. The van der Waals surface area contributed by atoms with Crippen LogP contribution in [0.2, 0.25) is 0 Å². The second-order valence-corrected chi connectivity index (χ2v) is 0.527. The van der Waals surface area contributed by atoms with Gasteiger partial charge in [-0.2, -0.15) is 0 Å². The Morgan fingerprint density at radius 2 is 2.00 bits per heavy atom. The molecule has 0 aromatic carbocycles. The summed E-state index contributed by atoms with van der Waals surface area (Å²) in [6, 6.07) is 0. The molecule has 4 heteroatoms. The summed E-state index contributed by atoms with van der Waals surface area (Å²) in [7, 11) is 0. The average molecular weight is 85.0 g/mol. The number of aliphatic carboxylic acids is 1. The van der Waals surface area contributed by atoms with Crippen molar-refractivity contribution in [2.24, 2.45) is 0 Å². The van der Waals surface area contributed by atoms with Crippen LogP contribution in [0.4, 0.5) is 4.39 Å². The first-order valence-corrected chi connectivity index (χ1v) is 1.05. The molecule has 0 spiro atoms. The maximum atomic E-state index is 10.5. The van der Waals surface area contributed by atoms with Crippen LogP contribution < -0.4 is 0 Å². The van der Waals surface area contributed by atoms with E-state index in [2.05, 4.69) is 0 Å². The van der Waals surface area contributed by atoms with E-state index < -0.39 is 12.6 Å². The predicted octanol–water partition coefficient (Wildman–Crippen LogP) is -0.340. The van der Waals surface area contributed by atoms with Gasteiger partial charge in [0, 0.05) is 18.9 Å². The minimum Gasteiger partial charge on any atom is -0.479 e. The van der Waals surface area contributed by atoms with Crippen LogP contribution >= 0.6 is 0 Å². The number of rotatable bonds is 1. The number of hydrogen-bond acceptors (Lipinski definition) is 1. The normalized spacial score (nSPS) is 6.17. The molecule has 6 heavy (non-hydrogen) atoms. The summed E-state index contributed by atoms with van der Waals surface area (Å²) in [5, 5.41) is 7.35. The van der Waals surface area contributed by atoms with E-state index in [-0.39, 0.29) is 18.9 Å². The van der Waals surface area contributed by atoms with Crippen molar-refractivity contribution in [3.8, 4) is 0 Å². The van der Waals surface area contributed by atoms with Gasteiger partial charge in [-0.3, -0.25) is 0 Å². The summed E-state index contributed by atoms with van der Waals surface area (Å²) >= 11 is 0. The topological polar surface area (TPSA) is 37.3 Å². The van der Waals surface area contributed by atoms with Gasteiger partial charge in [-0.05, 0) is 0 Å². The van der Waals surface area contributed by atoms with Crippen LogP contribution in [0.15, 0.2) is 0 Å². The van der Waals surface area contributed by atoms with E-state index >= 15 is 0 Å². The van der Waals surface area contributed by atoms with Crippen LogP contribution in [0.25, 0.3) is 0 Å². The van der Waals surface area contributed by atoms with Crippen LogP contribution in [-0.4, -0.2) is 36.6 Å². The summed E-state index contributed by atoms with van der Waals surface area (Å²) in [6.07, 6.45) is 0. The molecule has 31 valence electrons.